The first-order chi connectivity index (χ1) is 9.15. The molecule has 1 aliphatic heterocycles. The molecule has 2 N–H and O–H groups in total. The lowest BCUT2D eigenvalue weighted by atomic mass is 10.00. The molecule has 19 heavy (non-hydrogen) atoms. The van der Waals surface area contributed by atoms with Crippen LogP contribution in [0.4, 0.5) is 0 Å². The van der Waals surface area contributed by atoms with Gasteiger partial charge in [-0.25, -0.2) is 4.79 Å². The SMILES string of the molecule is O=C(O)c1ccc(-c2ccc3c(c2)CCO3)c(O)c1. The maximum atomic E-state index is 10.8. The molecule has 0 radical (unpaired) electrons. The summed E-state index contributed by atoms with van der Waals surface area (Å²) in [7, 11) is 0. The van der Waals surface area contributed by atoms with Crippen LogP contribution < -0.4 is 4.74 Å². The molecule has 4 nitrogen and oxygen atoms in total. The summed E-state index contributed by atoms with van der Waals surface area (Å²) < 4.78 is 5.43. The summed E-state index contributed by atoms with van der Waals surface area (Å²) >= 11 is 0. The van der Waals surface area contributed by atoms with Gasteiger partial charge < -0.3 is 14.9 Å². The highest BCUT2D eigenvalue weighted by Crippen LogP contribution is 2.34. The first-order valence-corrected chi connectivity index (χ1v) is 5.97. The number of carboxylic acid groups (broad SMARTS) is 1. The van der Waals surface area contributed by atoms with Crippen molar-refractivity contribution in [1.82, 2.24) is 0 Å². The molecule has 0 aromatic heterocycles. The van der Waals surface area contributed by atoms with Crippen molar-refractivity contribution in [3.63, 3.8) is 0 Å². The Morgan fingerprint density at radius 1 is 1.16 bits per heavy atom. The van der Waals surface area contributed by atoms with E-state index in [4.69, 9.17) is 9.84 Å². The number of phenolic OH excluding ortho intramolecular Hbond substituents is 1. The Morgan fingerprint density at radius 3 is 2.74 bits per heavy atom. The Balaban J connectivity index is 2.05. The Hall–Kier alpha value is -2.49. The lowest BCUT2D eigenvalue weighted by molar-refractivity contribution is 0.0696. The molecule has 2 aromatic rings. The van der Waals surface area contributed by atoms with Crippen molar-refractivity contribution in [3.05, 3.63) is 47.5 Å². The van der Waals surface area contributed by atoms with Gasteiger partial charge in [-0.15, -0.1) is 0 Å². The summed E-state index contributed by atoms with van der Waals surface area (Å²) in [5.74, 6) is -0.201. The van der Waals surface area contributed by atoms with E-state index < -0.39 is 5.97 Å². The number of phenols is 1. The van der Waals surface area contributed by atoms with E-state index in [1.807, 2.05) is 18.2 Å². The fraction of sp³-hybridized carbons (Fsp3) is 0.133. The van der Waals surface area contributed by atoms with E-state index in [1.54, 1.807) is 6.07 Å². The molecule has 0 saturated carbocycles. The van der Waals surface area contributed by atoms with Gasteiger partial charge >= 0.3 is 5.97 Å². The number of benzene rings is 2. The zero-order valence-corrected chi connectivity index (χ0v) is 10.1. The van der Waals surface area contributed by atoms with Gasteiger partial charge in [0.15, 0.2) is 0 Å². The number of rotatable bonds is 2. The minimum atomic E-state index is -1.05. The van der Waals surface area contributed by atoms with Crippen molar-refractivity contribution >= 4 is 5.97 Å². The van der Waals surface area contributed by atoms with Crippen molar-refractivity contribution in [3.8, 4) is 22.6 Å². The van der Waals surface area contributed by atoms with Crippen LogP contribution in [0.5, 0.6) is 11.5 Å². The van der Waals surface area contributed by atoms with Crippen molar-refractivity contribution < 1.29 is 19.7 Å². The predicted octanol–water partition coefficient (Wildman–Crippen LogP) is 2.69. The molecule has 4 heteroatoms. The van der Waals surface area contributed by atoms with E-state index in [0.717, 1.165) is 23.3 Å². The quantitative estimate of drug-likeness (QED) is 0.867. The van der Waals surface area contributed by atoms with Crippen molar-refractivity contribution in [1.29, 1.82) is 0 Å². The number of aromatic hydroxyl groups is 1. The molecule has 1 aliphatic rings. The predicted molar refractivity (Wildman–Crippen MR) is 69.7 cm³/mol. The molecule has 96 valence electrons. The van der Waals surface area contributed by atoms with Gasteiger partial charge in [-0.05, 0) is 41.5 Å². The summed E-state index contributed by atoms with van der Waals surface area (Å²) in [4.78, 5) is 10.8. The van der Waals surface area contributed by atoms with Gasteiger partial charge in [0.1, 0.15) is 11.5 Å². The fourth-order valence-electron chi connectivity index (χ4n) is 2.26. The molecule has 2 aromatic carbocycles. The average Bonchev–Trinajstić information content (AvgIpc) is 2.85. The number of hydrogen-bond donors (Lipinski definition) is 2. The van der Waals surface area contributed by atoms with Gasteiger partial charge in [0, 0.05) is 12.0 Å². The summed E-state index contributed by atoms with van der Waals surface area (Å²) in [6, 6.07) is 10.1. The molecule has 0 saturated heterocycles. The minimum Gasteiger partial charge on any atom is -0.507 e. The van der Waals surface area contributed by atoms with Crippen molar-refractivity contribution in [2.45, 2.75) is 6.42 Å². The third-order valence-electron chi connectivity index (χ3n) is 3.25. The molecule has 0 unspecified atom stereocenters. The van der Waals surface area contributed by atoms with Crippen molar-refractivity contribution in [2.75, 3.05) is 6.61 Å². The Kier molecular flexibility index (Phi) is 2.63. The third-order valence-corrected chi connectivity index (χ3v) is 3.25. The summed E-state index contributed by atoms with van der Waals surface area (Å²) in [6.45, 7) is 0.683. The van der Waals surface area contributed by atoms with E-state index in [1.165, 1.54) is 12.1 Å². The number of ether oxygens (including phenoxy) is 1. The van der Waals surface area contributed by atoms with Crippen LogP contribution in [0, 0.1) is 0 Å². The summed E-state index contributed by atoms with van der Waals surface area (Å²) in [5.41, 5.74) is 2.67. The summed E-state index contributed by atoms with van der Waals surface area (Å²) in [5, 5.41) is 18.8. The van der Waals surface area contributed by atoms with Crippen LogP contribution in [0.3, 0.4) is 0 Å². The van der Waals surface area contributed by atoms with Crippen LogP contribution in [-0.2, 0) is 6.42 Å². The normalized spacial score (nSPS) is 12.8. The molecule has 0 fully saturated rings. The minimum absolute atomic E-state index is 0.0289. The molecule has 1 heterocycles. The molecule has 0 spiro atoms. The lowest BCUT2D eigenvalue weighted by Gasteiger charge is -2.07. The van der Waals surface area contributed by atoms with E-state index in [-0.39, 0.29) is 11.3 Å². The smallest absolute Gasteiger partial charge is 0.335 e. The highest BCUT2D eigenvalue weighted by Gasteiger charge is 2.15. The monoisotopic (exact) mass is 256 g/mol. The van der Waals surface area contributed by atoms with E-state index >= 15 is 0 Å². The first kappa shape index (κ1) is 11.6. The Bertz CT molecular complexity index is 661. The summed E-state index contributed by atoms with van der Waals surface area (Å²) in [6.07, 6.45) is 0.858. The fourth-order valence-corrected chi connectivity index (χ4v) is 2.26. The Morgan fingerprint density at radius 2 is 2.00 bits per heavy atom. The molecule has 0 atom stereocenters. The van der Waals surface area contributed by atoms with Crippen LogP contribution in [-0.4, -0.2) is 22.8 Å². The molecule has 0 amide bonds. The number of fused-ring (bicyclic) bond motifs is 1. The van der Waals surface area contributed by atoms with Gasteiger partial charge in [-0.3, -0.25) is 0 Å². The second-order valence-corrected chi connectivity index (χ2v) is 4.46. The van der Waals surface area contributed by atoms with Crippen molar-refractivity contribution in [2.24, 2.45) is 0 Å². The second kappa shape index (κ2) is 4.31. The molecular weight excluding hydrogens is 244 g/mol. The van der Waals surface area contributed by atoms with Crippen LogP contribution in [0.2, 0.25) is 0 Å². The molecule has 0 bridgehead atoms. The van der Waals surface area contributed by atoms with Crippen LogP contribution in [0.25, 0.3) is 11.1 Å². The zero-order chi connectivity index (χ0) is 13.4. The topological polar surface area (TPSA) is 66.8 Å². The van der Waals surface area contributed by atoms with Gasteiger partial charge in [0.25, 0.3) is 0 Å². The van der Waals surface area contributed by atoms with E-state index in [0.29, 0.717) is 12.2 Å². The number of carboxylic acids is 1. The average molecular weight is 256 g/mol. The molecular formula is C15H12O4. The number of carbonyl (C=O) groups is 1. The zero-order valence-electron chi connectivity index (χ0n) is 10.1. The highest BCUT2D eigenvalue weighted by molar-refractivity contribution is 5.89. The molecule has 0 aliphatic carbocycles. The number of aromatic carboxylic acids is 1. The van der Waals surface area contributed by atoms with Crippen LogP contribution in [0.1, 0.15) is 15.9 Å². The second-order valence-electron chi connectivity index (χ2n) is 4.46. The van der Waals surface area contributed by atoms with Gasteiger partial charge in [-0.1, -0.05) is 6.07 Å². The highest BCUT2D eigenvalue weighted by atomic mass is 16.5. The number of hydrogen-bond acceptors (Lipinski definition) is 3. The maximum absolute atomic E-state index is 10.8. The van der Waals surface area contributed by atoms with E-state index in [2.05, 4.69) is 0 Å². The van der Waals surface area contributed by atoms with Gasteiger partial charge in [0.05, 0.1) is 12.2 Å². The third kappa shape index (κ3) is 2.01. The van der Waals surface area contributed by atoms with Crippen LogP contribution in [0.15, 0.2) is 36.4 Å². The van der Waals surface area contributed by atoms with E-state index in [9.17, 15) is 9.90 Å². The Labute approximate surface area is 109 Å². The standard InChI is InChI=1S/C15H12O4/c16-13-8-11(15(17)18)1-3-12(13)9-2-4-14-10(7-9)5-6-19-14/h1-4,7-8,16H,5-6H2,(H,17,18). The molecule has 3 rings (SSSR count). The maximum Gasteiger partial charge on any atom is 0.335 e. The van der Waals surface area contributed by atoms with Crippen LogP contribution >= 0.6 is 0 Å². The van der Waals surface area contributed by atoms with Gasteiger partial charge in [-0.2, -0.15) is 0 Å². The lowest BCUT2D eigenvalue weighted by Crippen LogP contribution is -1.95. The largest absolute Gasteiger partial charge is 0.507 e. The first-order valence-electron chi connectivity index (χ1n) is 5.97. The van der Waals surface area contributed by atoms with Gasteiger partial charge in [0.2, 0.25) is 0 Å².